The van der Waals surface area contributed by atoms with Crippen LogP contribution >= 0.6 is 11.8 Å². The van der Waals surface area contributed by atoms with Crippen molar-refractivity contribution < 1.29 is 9.53 Å². The first-order valence-corrected chi connectivity index (χ1v) is 9.55. The van der Waals surface area contributed by atoms with Gasteiger partial charge in [0.1, 0.15) is 5.75 Å². The van der Waals surface area contributed by atoms with Gasteiger partial charge in [0.05, 0.1) is 12.9 Å². The molecule has 1 fully saturated rings. The smallest absolute Gasteiger partial charge is 0.233 e. The maximum Gasteiger partial charge on any atom is 0.233 e. The summed E-state index contributed by atoms with van der Waals surface area (Å²) in [6, 6.07) is 8.07. The number of ether oxygens (including phenoxy) is 1. The molecule has 0 aliphatic carbocycles. The van der Waals surface area contributed by atoms with E-state index in [9.17, 15) is 4.79 Å². The molecule has 25 heavy (non-hydrogen) atoms. The minimum atomic E-state index is 0.183. The molecule has 1 aromatic heterocycles. The molecule has 2 aromatic rings. The van der Waals surface area contributed by atoms with Crippen LogP contribution in [0.5, 0.6) is 5.75 Å². The number of hydrogen-bond acceptors (Lipinski definition) is 5. The average Bonchev–Trinajstić information content (AvgIpc) is 3.00. The lowest BCUT2D eigenvalue weighted by Gasteiger charge is -2.33. The van der Waals surface area contributed by atoms with Crippen LogP contribution in [0.3, 0.4) is 0 Å². The van der Waals surface area contributed by atoms with E-state index >= 15 is 0 Å². The number of likely N-dealkylation sites (tertiary alicyclic amines) is 1. The molecule has 1 saturated heterocycles. The number of amides is 1. The zero-order chi connectivity index (χ0) is 17.8. The highest BCUT2D eigenvalue weighted by atomic mass is 32.2. The molecule has 0 saturated carbocycles. The standard InChI is InChI=1S/C18H24N4O2S/c1-13-7-4-5-10-22(13)16(23)12-25-18-20-19-17(21(18)2)14-8-6-9-15(11-14)24-3/h6,8-9,11,13H,4-5,7,10,12H2,1-3H3/t13-/m0/s1. The Morgan fingerprint density at radius 2 is 2.20 bits per heavy atom. The summed E-state index contributed by atoms with van der Waals surface area (Å²) in [6.07, 6.45) is 3.41. The molecule has 1 aliphatic rings. The fourth-order valence-electron chi connectivity index (χ4n) is 3.13. The normalized spacial score (nSPS) is 17.6. The van der Waals surface area contributed by atoms with E-state index in [-0.39, 0.29) is 5.91 Å². The average molecular weight is 360 g/mol. The molecule has 0 bridgehead atoms. The second kappa shape index (κ2) is 7.91. The molecule has 7 heteroatoms. The van der Waals surface area contributed by atoms with Gasteiger partial charge in [-0.1, -0.05) is 23.9 Å². The summed E-state index contributed by atoms with van der Waals surface area (Å²) in [7, 11) is 3.56. The van der Waals surface area contributed by atoms with Gasteiger partial charge in [0.15, 0.2) is 11.0 Å². The van der Waals surface area contributed by atoms with Crippen molar-refractivity contribution in [2.75, 3.05) is 19.4 Å². The van der Waals surface area contributed by atoms with Crippen molar-refractivity contribution in [3.63, 3.8) is 0 Å². The van der Waals surface area contributed by atoms with Gasteiger partial charge in [-0.15, -0.1) is 10.2 Å². The van der Waals surface area contributed by atoms with E-state index in [4.69, 9.17) is 4.74 Å². The number of aromatic nitrogens is 3. The van der Waals surface area contributed by atoms with Gasteiger partial charge in [-0.3, -0.25) is 4.79 Å². The summed E-state index contributed by atoms with van der Waals surface area (Å²) >= 11 is 1.44. The first-order chi connectivity index (χ1) is 12.1. The topological polar surface area (TPSA) is 60.3 Å². The van der Waals surface area contributed by atoms with Gasteiger partial charge in [0.25, 0.3) is 0 Å². The lowest BCUT2D eigenvalue weighted by molar-refractivity contribution is -0.131. The van der Waals surface area contributed by atoms with Crippen molar-refractivity contribution in [3.05, 3.63) is 24.3 Å². The minimum absolute atomic E-state index is 0.183. The molecular weight excluding hydrogens is 336 g/mol. The SMILES string of the molecule is COc1cccc(-c2nnc(SCC(=O)N3CCCC[C@@H]3C)n2C)c1. The number of benzene rings is 1. The highest BCUT2D eigenvalue weighted by molar-refractivity contribution is 7.99. The lowest BCUT2D eigenvalue weighted by atomic mass is 10.0. The van der Waals surface area contributed by atoms with Gasteiger partial charge in [0.2, 0.25) is 5.91 Å². The Bertz CT molecular complexity index is 746. The van der Waals surface area contributed by atoms with Crippen molar-refractivity contribution in [1.29, 1.82) is 0 Å². The molecule has 134 valence electrons. The first kappa shape index (κ1) is 17.8. The van der Waals surface area contributed by atoms with Crippen LogP contribution in [-0.2, 0) is 11.8 Å². The van der Waals surface area contributed by atoms with Crippen LogP contribution in [0.4, 0.5) is 0 Å². The van der Waals surface area contributed by atoms with Crippen molar-refractivity contribution in [2.45, 2.75) is 37.4 Å². The number of rotatable bonds is 5. The van der Waals surface area contributed by atoms with Gasteiger partial charge < -0.3 is 14.2 Å². The summed E-state index contributed by atoms with van der Waals surface area (Å²) in [4.78, 5) is 14.5. The van der Waals surface area contributed by atoms with Gasteiger partial charge in [-0.25, -0.2) is 0 Å². The highest BCUT2D eigenvalue weighted by Crippen LogP contribution is 2.26. The van der Waals surface area contributed by atoms with Crippen LogP contribution in [0.25, 0.3) is 11.4 Å². The third-order valence-electron chi connectivity index (χ3n) is 4.61. The van der Waals surface area contributed by atoms with Crippen LogP contribution < -0.4 is 4.74 Å². The Kier molecular flexibility index (Phi) is 5.63. The maximum atomic E-state index is 12.5. The quantitative estimate of drug-likeness (QED) is 0.767. The molecule has 0 radical (unpaired) electrons. The molecule has 1 aliphatic heterocycles. The summed E-state index contributed by atoms with van der Waals surface area (Å²) in [5, 5.41) is 9.27. The molecule has 6 nitrogen and oxygen atoms in total. The van der Waals surface area contributed by atoms with Crippen LogP contribution in [0.1, 0.15) is 26.2 Å². The molecule has 0 spiro atoms. The molecule has 2 heterocycles. The van der Waals surface area contributed by atoms with E-state index in [1.54, 1.807) is 7.11 Å². The monoisotopic (exact) mass is 360 g/mol. The van der Waals surface area contributed by atoms with Gasteiger partial charge >= 0.3 is 0 Å². The van der Waals surface area contributed by atoms with Crippen LogP contribution in [0, 0.1) is 0 Å². The predicted octanol–water partition coefficient (Wildman–Crippen LogP) is 2.98. The molecule has 1 aromatic carbocycles. The van der Waals surface area contributed by atoms with E-state index in [2.05, 4.69) is 17.1 Å². The van der Waals surface area contributed by atoms with Crippen molar-refractivity contribution >= 4 is 17.7 Å². The number of thioether (sulfide) groups is 1. The molecule has 1 amide bonds. The number of methoxy groups -OCH3 is 1. The van der Waals surface area contributed by atoms with E-state index < -0.39 is 0 Å². The largest absolute Gasteiger partial charge is 0.497 e. The Hall–Kier alpha value is -2.02. The van der Waals surface area contributed by atoms with Crippen LogP contribution in [0.15, 0.2) is 29.4 Å². The molecule has 3 rings (SSSR count). The maximum absolute atomic E-state index is 12.5. The minimum Gasteiger partial charge on any atom is -0.497 e. The zero-order valence-electron chi connectivity index (χ0n) is 14.9. The number of piperidine rings is 1. The van der Waals surface area contributed by atoms with E-state index in [1.165, 1.54) is 18.2 Å². The van der Waals surface area contributed by atoms with Crippen LogP contribution in [-0.4, -0.2) is 51.0 Å². The Balaban J connectivity index is 1.68. The number of carbonyl (C=O) groups is 1. The van der Waals surface area contributed by atoms with Gasteiger partial charge in [-0.2, -0.15) is 0 Å². The highest BCUT2D eigenvalue weighted by Gasteiger charge is 2.23. The van der Waals surface area contributed by atoms with Crippen molar-refractivity contribution in [3.8, 4) is 17.1 Å². The summed E-state index contributed by atoms with van der Waals surface area (Å²) in [5.41, 5.74) is 0.942. The predicted molar refractivity (Wildman–Crippen MR) is 98.7 cm³/mol. The number of nitrogens with zero attached hydrogens (tertiary/aromatic N) is 4. The second-order valence-corrected chi connectivity index (χ2v) is 7.26. The second-order valence-electron chi connectivity index (χ2n) is 6.32. The summed E-state index contributed by atoms with van der Waals surface area (Å²) < 4.78 is 7.19. The molecule has 1 atom stereocenters. The van der Waals surface area contributed by atoms with Gasteiger partial charge in [-0.05, 0) is 38.3 Å². The van der Waals surface area contributed by atoms with Crippen molar-refractivity contribution in [1.82, 2.24) is 19.7 Å². The zero-order valence-corrected chi connectivity index (χ0v) is 15.8. The Labute approximate surface area is 152 Å². The molecule has 0 unspecified atom stereocenters. The first-order valence-electron chi connectivity index (χ1n) is 8.56. The number of hydrogen-bond donors (Lipinski definition) is 0. The molecule has 0 N–H and O–H groups in total. The van der Waals surface area contributed by atoms with E-state index in [0.29, 0.717) is 11.8 Å². The fraction of sp³-hybridized carbons (Fsp3) is 0.500. The summed E-state index contributed by atoms with van der Waals surface area (Å²) in [6.45, 7) is 3.00. The Morgan fingerprint density at radius 1 is 1.36 bits per heavy atom. The summed E-state index contributed by atoms with van der Waals surface area (Å²) in [5.74, 6) is 2.13. The van der Waals surface area contributed by atoms with E-state index in [0.717, 1.165) is 41.7 Å². The van der Waals surface area contributed by atoms with Gasteiger partial charge in [0, 0.05) is 25.2 Å². The third-order valence-corrected chi connectivity index (χ3v) is 5.62. The molecular formula is C18H24N4O2S. The Morgan fingerprint density at radius 3 is 2.96 bits per heavy atom. The van der Waals surface area contributed by atoms with Crippen molar-refractivity contribution in [2.24, 2.45) is 7.05 Å². The fourth-order valence-corrected chi connectivity index (χ4v) is 3.93. The third kappa shape index (κ3) is 3.98. The van der Waals surface area contributed by atoms with E-state index in [1.807, 2.05) is 40.8 Å². The number of carbonyl (C=O) groups excluding carboxylic acids is 1. The van der Waals surface area contributed by atoms with Crippen LogP contribution in [0.2, 0.25) is 0 Å². The lowest BCUT2D eigenvalue weighted by Crippen LogP contribution is -2.42.